The highest BCUT2D eigenvalue weighted by Gasteiger charge is 2.33. The van der Waals surface area contributed by atoms with Crippen molar-refractivity contribution < 1.29 is 13.2 Å². The molecular weight excluding hydrogens is 362 g/mol. The first-order chi connectivity index (χ1) is 13.0. The predicted molar refractivity (Wildman–Crippen MR) is 104 cm³/mol. The molecule has 2 aliphatic rings. The summed E-state index contributed by atoms with van der Waals surface area (Å²) in [5, 5.41) is 0.792. The first kappa shape index (κ1) is 18.4. The quantitative estimate of drug-likeness (QED) is 0.875. The van der Waals surface area contributed by atoms with Gasteiger partial charge in [-0.1, -0.05) is 37.5 Å². The second-order valence-electron chi connectivity index (χ2n) is 7.59. The van der Waals surface area contributed by atoms with Gasteiger partial charge in [-0.05, 0) is 31.4 Å². The van der Waals surface area contributed by atoms with Gasteiger partial charge in [0.2, 0.25) is 15.9 Å². The van der Waals surface area contributed by atoms with Crippen LogP contribution < -0.4 is 4.72 Å². The molecule has 1 aliphatic carbocycles. The number of hydrogen-bond donors (Lipinski definition) is 1. The number of nitrogens with zero attached hydrogens (tertiary/aromatic N) is 2. The van der Waals surface area contributed by atoms with Crippen LogP contribution in [-0.2, 0) is 14.8 Å². The molecule has 1 aromatic heterocycles. The molecular formula is C20H25N3O3S. The number of likely N-dealkylation sites (tertiary alicyclic amines) is 1. The standard InChI is InChI=1S/C20H25N3O3S/c24-20(15-6-2-1-3-7-15)23-11-10-17(14-23)22-27(25,26)18-12-16-8-4-5-9-19(16)21-13-18/h4-5,8-9,12-13,15,17,22H,1-3,6-7,10-11,14H2. The molecule has 0 radical (unpaired) electrons. The van der Waals surface area contributed by atoms with Crippen molar-refractivity contribution in [2.45, 2.75) is 49.5 Å². The van der Waals surface area contributed by atoms with Crippen LogP contribution in [0.25, 0.3) is 10.9 Å². The molecule has 6 nitrogen and oxygen atoms in total. The molecule has 144 valence electrons. The molecule has 7 heteroatoms. The molecule has 2 heterocycles. The maximum atomic E-state index is 12.8. The van der Waals surface area contributed by atoms with E-state index in [1.165, 1.54) is 12.6 Å². The monoisotopic (exact) mass is 387 g/mol. The fourth-order valence-corrected chi connectivity index (χ4v) is 5.39. The van der Waals surface area contributed by atoms with Crippen LogP contribution in [0.2, 0.25) is 0 Å². The Morgan fingerprint density at radius 2 is 1.89 bits per heavy atom. The number of pyridine rings is 1. The fraction of sp³-hybridized carbons (Fsp3) is 0.500. The van der Waals surface area contributed by atoms with Crippen LogP contribution in [0.1, 0.15) is 38.5 Å². The molecule has 4 rings (SSSR count). The number of carbonyl (C=O) groups is 1. The topological polar surface area (TPSA) is 79.4 Å². The molecule has 0 spiro atoms. The second kappa shape index (κ2) is 7.56. The Hall–Kier alpha value is -1.99. The number of benzene rings is 1. The Balaban J connectivity index is 1.42. The van der Waals surface area contributed by atoms with Gasteiger partial charge in [0, 0.05) is 36.6 Å². The smallest absolute Gasteiger partial charge is 0.242 e. The van der Waals surface area contributed by atoms with Crippen molar-refractivity contribution in [2.75, 3.05) is 13.1 Å². The normalized spacial score (nSPS) is 21.6. The Morgan fingerprint density at radius 1 is 1.11 bits per heavy atom. The van der Waals surface area contributed by atoms with E-state index in [0.717, 1.165) is 36.6 Å². The van der Waals surface area contributed by atoms with Crippen LogP contribution >= 0.6 is 0 Å². The molecule has 1 aromatic carbocycles. The van der Waals surface area contributed by atoms with Gasteiger partial charge in [-0.3, -0.25) is 9.78 Å². The minimum absolute atomic E-state index is 0.124. The average Bonchev–Trinajstić information content (AvgIpc) is 3.15. The molecule has 1 saturated carbocycles. The summed E-state index contributed by atoms with van der Waals surface area (Å²) in [6.07, 6.45) is 7.43. The third-order valence-corrected chi connectivity index (χ3v) is 7.14. The molecule has 27 heavy (non-hydrogen) atoms. The summed E-state index contributed by atoms with van der Waals surface area (Å²) in [7, 11) is -3.66. The van der Waals surface area contributed by atoms with Gasteiger partial charge >= 0.3 is 0 Å². The first-order valence-electron chi connectivity index (χ1n) is 9.69. The number of carbonyl (C=O) groups excluding carboxylic acids is 1. The molecule has 1 atom stereocenters. The van der Waals surface area contributed by atoms with Gasteiger partial charge in [0.1, 0.15) is 4.90 Å². The zero-order valence-corrected chi connectivity index (χ0v) is 16.1. The van der Waals surface area contributed by atoms with E-state index in [1.807, 2.05) is 29.2 Å². The minimum Gasteiger partial charge on any atom is -0.341 e. The summed E-state index contributed by atoms with van der Waals surface area (Å²) >= 11 is 0. The Labute approximate surface area is 160 Å². The van der Waals surface area contributed by atoms with Crippen LogP contribution in [0, 0.1) is 5.92 Å². The highest BCUT2D eigenvalue weighted by molar-refractivity contribution is 7.89. The highest BCUT2D eigenvalue weighted by atomic mass is 32.2. The maximum absolute atomic E-state index is 12.8. The van der Waals surface area contributed by atoms with E-state index >= 15 is 0 Å². The second-order valence-corrected chi connectivity index (χ2v) is 9.30. The Morgan fingerprint density at radius 3 is 2.70 bits per heavy atom. The Bertz CT molecular complexity index is 938. The lowest BCUT2D eigenvalue weighted by atomic mass is 9.88. The molecule has 1 saturated heterocycles. The zero-order chi connectivity index (χ0) is 18.9. The van der Waals surface area contributed by atoms with Gasteiger partial charge in [0.15, 0.2) is 0 Å². The molecule has 2 fully saturated rings. The molecule has 2 aromatic rings. The van der Waals surface area contributed by atoms with Crippen molar-refractivity contribution in [1.29, 1.82) is 0 Å². The zero-order valence-electron chi connectivity index (χ0n) is 15.3. The summed E-state index contributed by atoms with van der Waals surface area (Å²) in [6, 6.07) is 8.84. The minimum atomic E-state index is -3.66. The van der Waals surface area contributed by atoms with Gasteiger partial charge in [-0.2, -0.15) is 0 Å². The summed E-state index contributed by atoms with van der Waals surface area (Å²) < 4.78 is 28.3. The predicted octanol–water partition coefficient (Wildman–Crippen LogP) is 2.69. The molecule has 1 unspecified atom stereocenters. The molecule has 1 amide bonds. The van der Waals surface area contributed by atoms with Crippen molar-refractivity contribution in [2.24, 2.45) is 5.92 Å². The van der Waals surface area contributed by atoms with E-state index < -0.39 is 10.0 Å². The Kier molecular flexibility index (Phi) is 5.14. The number of sulfonamides is 1. The lowest BCUT2D eigenvalue weighted by molar-refractivity contribution is -0.135. The van der Waals surface area contributed by atoms with Crippen LogP contribution in [0.15, 0.2) is 41.4 Å². The van der Waals surface area contributed by atoms with Crippen molar-refractivity contribution in [3.8, 4) is 0 Å². The number of amides is 1. The van der Waals surface area contributed by atoms with Crippen LogP contribution in [0.4, 0.5) is 0 Å². The van der Waals surface area contributed by atoms with Crippen molar-refractivity contribution in [3.63, 3.8) is 0 Å². The van der Waals surface area contributed by atoms with E-state index in [9.17, 15) is 13.2 Å². The van der Waals surface area contributed by atoms with Gasteiger partial charge < -0.3 is 4.90 Å². The van der Waals surface area contributed by atoms with Gasteiger partial charge in [0.25, 0.3) is 0 Å². The third kappa shape index (κ3) is 3.99. The van der Waals surface area contributed by atoms with Crippen molar-refractivity contribution in [3.05, 3.63) is 36.5 Å². The van der Waals surface area contributed by atoms with Crippen LogP contribution in [0.5, 0.6) is 0 Å². The van der Waals surface area contributed by atoms with Gasteiger partial charge in [-0.25, -0.2) is 13.1 Å². The van der Waals surface area contributed by atoms with Crippen LogP contribution in [-0.4, -0.2) is 43.3 Å². The van der Waals surface area contributed by atoms with Crippen molar-refractivity contribution >= 4 is 26.8 Å². The SMILES string of the molecule is O=C(C1CCCCC1)N1CCC(NS(=O)(=O)c2cnc3ccccc3c2)C1. The number of hydrogen-bond acceptors (Lipinski definition) is 4. The summed E-state index contributed by atoms with van der Waals surface area (Å²) in [4.78, 5) is 18.9. The molecule has 1 aliphatic heterocycles. The average molecular weight is 388 g/mol. The van der Waals surface area contributed by atoms with E-state index in [1.54, 1.807) is 6.07 Å². The van der Waals surface area contributed by atoms with Crippen molar-refractivity contribution in [1.82, 2.24) is 14.6 Å². The van der Waals surface area contributed by atoms with E-state index in [-0.39, 0.29) is 22.8 Å². The largest absolute Gasteiger partial charge is 0.341 e. The lowest BCUT2D eigenvalue weighted by Gasteiger charge is -2.26. The number of rotatable bonds is 4. The fourth-order valence-electron chi connectivity index (χ4n) is 4.15. The number of fused-ring (bicyclic) bond motifs is 1. The van der Waals surface area contributed by atoms with E-state index in [4.69, 9.17) is 0 Å². The number of nitrogens with one attached hydrogen (secondary N) is 1. The van der Waals surface area contributed by atoms with E-state index in [0.29, 0.717) is 19.5 Å². The van der Waals surface area contributed by atoms with Gasteiger partial charge in [0.05, 0.1) is 5.52 Å². The molecule has 0 bridgehead atoms. The third-order valence-electron chi connectivity index (χ3n) is 5.65. The lowest BCUT2D eigenvalue weighted by Crippen LogP contribution is -2.40. The summed E-state index contributed by atoms with van der Waals surface area (Å²) in [6.45, 7) is 1.08. The summed E-state index contributed by atoms with van der Waals surface area (Å²) in [5.74, 6) is 0.322. The highest BCUT2D eigenvalue weighted by Crippen LogP contribution is 2.27. The number of para-hydroxylation sites is 1. The number of aromatic nitrogens is 1. The van der Waals surface area contributed by atoms with Gasteiger partial charge in [-0.15, -0.1) is 0 Å². The molecule has 1 N–H and O–H groups in total. The van der Waals surface area contributed by atoms with E-state index in [2.05, 4.69) is 9.71 Å². The van der Waals surface area contributed by atoms with Crippen LogP contribution in [0.3, 0.4) is 0 Å². The first-order valence-corrected chi connectivity index (χ1v) is 11.2. The summed E-state index contributed by atoms with van der Waals surface area (Å²) in [5.41, 5.74) is 0.765. The maximum Gasteiger partial charge on any atom is 0.242 e.